The van der Waals surface area contributed by atoms with Crippen molar-refractivity contribution in [1.82, 2.24) is 4.90 Å². The molecule has 19 heavy (non-hydrogen) atoms. The van der Waals surface area contributed by atoms with Gasteiger partial charge < -0.3 is 10.6 Å². The van der Waals surface area contributed by atoms with Crippen LogP contribution in [0.5, 0.6) is 0 Å². The Morgan fingerprint density at radius 1 is 1.32 bits per heavy atom. The Balaban J connectivity index is 2.83. The Bertz CT molecular complexity index is 406. The lowest BCUT2D eigenvalue weighted by Crippen LogP contribution is -2.46. The Hall–Kier alpha value is -1.56. The van der Waals surface area contributed by atoms with E-state index in [0.717, 1.165) is 4.90 Å². The molecule has 3 nitrogen and oxygen atoms in total. The van der Waals surface area contributed by atoms with Crippen LogP contribution in [0.25, 0.3) is 0 Å². The third-order valence-electron chi connectivity index (χ3n) is 2.66. The highest BCUT2D eigenvalue weighted by Crippen LogP contribution is 2.19. The molecule has 0 aliphatic carbocycles. The molecule has 106 valence electrons. The van der Waals surface area contributed by atoms with Crippen molar-refractivity contribution in [3.05, 3.63) is 35.9 Å². The average molecular weight is 274 g/mol. The van der Waals surface area contributed by atoms with Crippen LogP contribution in [0.3, 0.4) is 0 Å². The van der Waals surface area contributed by atoms with Gasteiger partial charge in [0.1, 0.15) is 6.54 Å². The first kappa shape index (κ1) is 15.5. The Labute approximate surface area is 110 Å². The highest BCUT2D eigenvalue weighted by atomic mass is 19.4. The topological polar surface area (TPSA) is 46.3 Å². The largest absolute Gasteiger partial charge is 0.406 e. The summed E-state index contributed by atoms with van der Waals surface area (Å²) < 4.78 is 37.5. The van der Waals surface area contributed by atoms with Crippen molar-refractivity contribution in [2.75, 3.05) is 6.54 Å². The van der Waals surface area contributed by atoms with Gasteiger partial charge in [0.25, 0.3) is 0 Å². The number of halogens is 3. The van der Waals surface area contributed by atoms with Gasteiger partial charge in [-0.1, -0.05) is 37.3 Å². The number of carbonyl (C=O) groups is 1. The zero-order chi connectivity index (χ0) is 14.5. The molecule has 1 unspecified atom stereocenters. The molecule has 1 atom stereocenters. The maximum Gasteiger partial charge on any atom is 0.406 e. The van der Waals surface area contributed by atoms with E-state index < -0.39 is 24.7 Å². The van der Waals surface area contributed by atoms with Crippen molar-refractivity contribution in [3.63, 3.8) is 0 Å². The van der Waals surface area contributed by atoms with E-state index in [1.165, 1.54) is 0 Å². The number of amides is 1. The van der Waals surface area contributed by atoms with Crippen molar-refractivity contribution < 1.29 is 18.0 Å². The van der Waals surface area contributed by atoms with Crippen LogP contribution in [0.1, 0.15) is 18.9 Å². The van der Waals surface area contributed by atoms with Crippen LogP contribution in [0.15, 0.2) is 30.3 Å². The Morgan fingerprint density at radius 2 is 1.89 bits per heavy atom. The van der Waals surface area contributed by atoms with Gasteiger partial charge in [0, 0.05) is 6.54 Å². The van der Waals surface area contributed by atoms with E-state index in [1.54, 1.807) is 37.3 Å². The van der Waals surface area contributed by atoms with Gasteiger partial charge in [-0.15, -0.1) is 0 Å². The summed E-state index contributed by atoms with van der Waals surface area (Å²) >= 11 is 0. The number of benzene rings is 1. The van der Waals surface area contributed by atoms with Crippen molar-refractivity contribution >= 4 is 5.91 Å². The first-order chi connectivity index (χ1) is 8.83. The normalized spacial score (nSPS) is 13.1. The molecule has 0 fully saturated rings. The molecule has 0 spiro atoms. The van der Waals surface area contributed by atoms with E-state index in [0.29, 0.717) is 12.0 Å². The lowest BCUT2D eigenvalue weighted by atomic mass is 10.1. The van der Waals surface area contributed by atoms with E-state index in [-0.39, 0.29) is 6.54 Å². The molecule has 1 aromatic carbocycles. The second-order valence-corrected chi connectivity index (χ2v) is 4.31. The van der Waals surface area contributed by atoms with E-state index >= 15 is 0 Å². The number of rotatable bonds is 5. The minimum Gasteiger partial charge on any atom is -0.328 e. The average Bonchev–Trinajstić information content (AvgIpc) is 2.36. The molecule has 0 saturated carbocycles. The van der Waals surface area contributed by atoms with Crippen molar-refractivity contribution in [1.29, 1.82) is 0 Å². The predicted molar refractivity (Wildman–Crippen MR) is 66.2 cm³/mol. The molecule has 0 heterocycles. The summed E-state index contributed by atoms with van der Waals surface area (Å²) in [4.78, 5) is 12.6. The molecule has 1 amide bonds. The monoisotopic (exact) mass is 274 g/mol. The zero-order valence-electron chi connectivity index (χ0n) is 10.7. The quantitative estimate of drug-likeness (QED) is 0.895. The molecule has 1 rings (SSSR count). The van der Waals surface area contributed by atoms with Gasteiger partial charge in [0.2, 0.25) is 5.91 Å². The molecule has 0 aromatic heterocycles. The summed E-state index contributed by atoms with van der Waals surface area (Å²) in [6.07, 6.45) is -4.13. The number of hydrogen-bond acceptors (Lipinski definition) is 2. The van der Waals surface area contributed by atoms with Crippen LogP contribution >= 0.6 is 0 Å². The van der Waals surface area contributed by atoms with E-state index in [9.17, 15) is 18.0 Å². The minimum atomic E-state index is -4.43. The highest BCUT2D eigenvalue weighted by molar-refractivity contribution is 5.81. The highest BCUT2D eigenvalue weighted by Gasteiger charge is 2.34. The smallest absolute Gasteiger partial charge is 0.328 e. The molecule has 0 radical (unpaired) electrons. The molecular formula is C13H17F3N2O. The Morgan fingerprint density at radius 3 is 2.37 bits per heavy atom. The van der Waals surface area contributed by atoms with Crippen LogP contribution in [0, 0.1) is 0 Å². The molecule has 0 saturated heterocycles. The first-order valence-electron chi connectivity index (χ1n) is 5.98. The second kappa shape index (κ2) is 6.56. The summed E-state index contributed by atoms with van der Waals surface area (Å²) in [6, 6.07) is 7.64. The van der Waals surface area contributed by atoms with Crippen LogP contribution < -0.4 is 5.73 Å². The van der Waals surface area contributed by atoms with Crippen LogP contribution in [-0.2, 0) is 11.3 Å². The summed E-state index contributed by atoms with van der Waals surface area (Å²) in [5.41, 5.74) is 6.17. The zero-order valence-corrected chi connectivity index (χ0v) is 10.7. The van der Waals surface area contributed by atoms with E-state index in [4.69, 9.17) is 5.73 Å². The molecule has 2 N–H and O–H groups in total. The fourth-order valence-electron chi connectivity index (χ4n) is 1.64. The lowest BCUT2D eigenvalue weighted by molar-refractivity contribution is -0.163. The maximum absolute atomic E-state index is 12.5. The maximum atomic E-state index is 12.5. The van der Waals surface area contributed by atoms with Gasteiger partial charge in [0.05, 0.1) is 6.04 Å². The van der Waals surface area contributed by atoms with Crippen LogP contribution in [0.4, 0.5) is 13.2 Å². The van der Waals surface area contributed by atoms with Crippen molar-refractivity contribution in [2.24, 2.45) is 5.73 Å². The van der Waals surface area contributed by atoms with Crippen molar-refractivity contribution in [2.45, 2.75) is 32.1 Å². The SMILES string of the molecule is CCC(N)C(=O)N(Cc1ccccc1)CC(F)(F)F. The third kappa shape index (κ3) is 5.30. The number of nitrogens with zero attached hydrogens (tertiary/aromatic N) is 1. The fraction of sp³-hybridized carbons (Fsp3) is 0.462. The van der Waals surface area contributed by atoms with Crippen molar-refractivity contribution in [3.8, 4) is 0 Å². The summed E-state index contributed by atoms with van der Waals surface area (Å²) in [5, 5.41) is 0. The van der Waals surface area contributed by atoms with Gasteiger partial charge in [0.15, 0.2) is 0 Å². The van der Waals surface area contributed by atoms with Gasteiger partial charge in [-0.25, -0.2) is 0 Å². The number of alkyl halides is 3. The predicted octanol–water partition coefficient (Wildman–Crippen LogP) is 2.31. The third-order valence-corrected chi connectivity index (χ3v) is 2.66. The fourth-order valence-corrected chi connectivity index (χ4v) is 1.64. The molecule has 0 aliphatic rings. The number of hydrogen-bond donors (Lipinski definition) is 1. The molecule has 0 bridgehead atoms. The van der Waals surface area contributed by atoms with Crippen LogP contribution in [-0.4, -0.2) is 29.6 Å². The van der Waals surface area contributed by atoms with E-state index in [1.807, 2.05) is 0 Å². The number of carbonyl (C=O) groups excluding carboxylic acids is 1. The first-order valence-corrected chi connectivity index (χ1v) is 5.98. The van der Waals surface area contributed by atoms with Gasteiger partial charge >= 0.3 is 6.18 Å². The van der Waals surface area contributed by atoms with Gasteiger partial charge in [-0.2, -0.15) is 13.2 Å². The standard InChI is InChI=1S/C13H17F3N2O/c1-2-11(17)12(19)18(9-13(14,15)16)8-10-6-4-3-5-7-10/h3-7,11H,2,8-9,17H2,1H3. The summed E-state index contributed by atoms with van der Waals surface area (Å²) in [7, 11) is 0. The van der Waals surface area contributed by atoms with E-state index in [2.05, 4.69) is 0 Å². The lowest BCUT2D eigenvalue weighted by Gasteiger charge is -2.26. The molecule has 0 aliphatic heterocycles. The summed E-state index contributed by atoms with van der Waals surface area (Å²) in [6.45, 7) is 0.290. The Kier molecular flexibility index (Phi) is 5.35. The van der Waals surface area contributed by atoms with Gasteiger partial charge in [-0.05, 0) is 12.0 Å². The van der Waals surface area contributed by atoms with Crippen LogP contribution in [0.2, 0.25) is 0 Å². The second-order valence-electron chi connectivity index (χ2n) is 4.31. The minimum absolute atomic E-state index is 0.0904. The van der Waals surface area contributed by atoms with Gasteiger partial charge in [-0.3, -0.25) is 4.79 Å². The molecule has 1 aromatic rings. The molecular weight excluding hydrogens is 257 g/mol. The molecule has 6 heteroatoms. The summed E-state index contributed by atoms with van der Waals surface area (Å²) in [5.74, 6) is -0.677. The number of nitrogens with two attached hydrogens (primary N) is 1.